The second-order valence-corrected chi connectivity index (χ2v) is 4.09. The van der Waals surface area contributed by atoms with Gasteiger partial charge in [0.2, 0.25) is 0 Å². The van der Waals surface area contributed by atoms with Crippen LogP contribution in [0.2, 0.25) is 0 Å². The fourth-order valence-electron chi connectivity index (χ4n) is 1.47. The number of aliphatic hydroxyl groups is 4. The summed E-state index contributed by atoms with van der Waals surface area (Å²) < 4.78 is 10.3. The fraction of sp³-hybridized carbons (Fsp3) is 1.00. The van der Waals surface area contributed by atoms with Crippen LogP contribution in [0, 0.1) is 0 Å². The Kier molecular flexibility index (Phi) is 5.98. The zero-order valence-electron chi connectivity index (χ0n) is 8.77. The van der Waals surface area contributed by atoms with Crippen molar-refractivity contribution in [1.82, 2.24) is 0 Å². The van der Waals surface area contributed by atoms with Crippen molar-refractivity contribution in [2.75, 3.05) is 19.0 Å². The van der Waals surface area contributed by atoms with Gasteiger partial charge in [0, 0.05) is 0 Å². The molecule has 1 aliphatic heterocycles. The number of hydrogen-bond acceptors (Lipinski definition) is 7. The van der Waals surface area contributed by atoms with Crippen molar-refractivity contribution in [3.63, 3.8) is 0 Å². The molecule has 16 heavy (non-hydrogen) atoms. The van der Waals surface area contributed by atoms with Crippen LogP contribution in [-0.2, 0) is 9.47 Å². The molecule has 7 heteroatoms. The van der Waals surface area contributed by atoms with E-state index >= 15 is 0 Å². The van der Waals surface area contributed by atoms with Crippen molar-refractivity contribution in [2.24, 2.45) is 0 Å². The zero-order chi connectivity index (χ0) is 12.1. The first-order valence-corrected chi connectivity index (χ1v) is 5.78. The largest absolute Gasteiger partial charge is 0.394 e. The molecule has 0 aromatic carbocycles. The van der Waals surface area contributed by atoms with E-state index in [4.69, 9.17) is 14.6 Å². The van der Waals surface area contributed by atoms with Gasteiger partial charge in [-0.3, -0.25) is 0 Å². The van der Waals surface area contributed by atoms with Crippen LogP contribution in [0.3, 0.4) is 0 Å². The van der Waals surface area contributed by atoms with Crippen LogP contribution >= 0.6 is 12.6 Å². The third-order valence-electron chi connectivity index (χ3n) is 2.43. The molecule has 0 spiro atoms. The summed E-state index contributed by atoms with van der Waals surface area (Å²) in [6.07, 6.45) is -5.32. The van der Waals surface area contributed by atoms with Crippen molar-refractivity contribution in [3.05, 3.63) is 0 Å². The predicted octanol–water partition coefficient (Wildman–Crippen LogP) is -1.88. The van der Waals surface area contributed by atoms with Crippen LogP contribution in [0.25, 0.3) is 0 Å². The molecule has 0 radical (unpaired) electrons. The van der Waals surface area contributed by atoms with Crippen LogP contribution in [0.1, 0.15) is 6.42 Å². The van der Waals surface area contributed by atoms with Gasteiger partial charge in [0.15, 0.2) is 6.29 Å². The molecule has 1 aliphatic rings. The molecule has 3 unspecified atom stereocenters. The Bertz CT molecular complexity index is 202. The Labute approximate surface area is 99.2 Å². The standard InChI is InChI=1S/C9H18O6S/c10-4-5-6(11)7(12)8(13)9(15-5)14-2-1-3-16/h5-13,16H,1-4H2/t5?,6-,7?,8?,9-/m1/s1. The van der Waals surface area contributed by atoms with Gasteiger partial charge in [-0.2, -0.15) is 12.6 Å². The first-order chi connectivity index (χ1) is 7.61. The second kappa shape index (κ2) is 6.75. The minimum absolute atomic E-state index is 0.326. The van der Waals surface area contributed by atoms with Gasteiger partial charge in [-0.05, 0) is 12.2 Å². The molecule has 6 nitrogen and oxygen atoms in total. The average Bonchev–Trinajstić information content (AvgIpc) is 2.29. The van der Waals surface area contributed by atoms with E-state index in [2.05, 4.69) is 12.6 Å². The van der Waals surface area contributed by atoms with E-state index in [9.17, 15) is 15.3 Å². The van der Waals surface area contributed by atoms with Gasteiger partial charge >= 0.3 is 0 Å². The lowest BCUT2D eigenvalue weighted by Crippen LogP contribution is -2.59. The van der Waals surface area contributed by atoms with Crippen molar-refractivity contribution in [2.45, 2.75) is 37.1 Å². The molecule has 1 fully saturated rings. The summed E-state index contributed by atoms with van der Waals surface area (Å²) >= 11 is 4.00. The summed E-state index contributed by atoms with van der Waals surface area (Å²) in [5.41, 5.74) is 0. The van der Waals surface area contributed by atoms with Gasteiger partial charge in [-0.15, -0.1) is 0 Å². The number of thiol groups is 1. The van der Waals surface area contributed by atoms with Crippen molar-refractivity contribution >= 4 is 12.6 Å². The third kappa shape index (κ3) is 3.30. The minimum atomic E-state index is -1.38. The smallest absolute Gasteiger partial charge is 0.186 e. The normalized spacial score (nSPS) is 39.9. The third-order valence-corrected chi connectivity index (χ3v) is 2.75. The van der Waals surface area contributed by atoms with Crippen LogP contribution in [0.15, 0.2) is 0 Å². The SMILES string of the molecule is OCC1O[C@@H](OCCCS)C(O)C(O)[C@@H]1O. The maximum Gasteiger partial charge on any atom is 0.186 e. The van der Waals surface area contributed by atoms with E-state index in [0.29, 0.717) is 18.8 Å². The van der Waals surface area contributed by atoms with E-state index in [-0.39, 0.29) is 0 Å². The van der Waals surface area contributed by atoms with Crippen LogP contribution in [-0.4, -0.2) is 70.1 Å². The Balaban J connectivity index is 2.50. The summed E-state index contributed by atoms with van der Waals surface area (Å²) in [6, 6.07) is 0. The molecule has 0 bridgehead atoms. The van der Waals surface area contributed by atoms with Gasteiger partial charge in [0.25, 0.3) is 0 Å². The lowest BCUT2D eigenvalue weighted by Gasteiger charge is -2.39. The Hall–Kier alpha value is 0.110. The lowest BCUT2D eigenvalue weighted by molar-refractivity contribution is -0.300. The maximum atomic E-state index is 9.56. The molecule has 0 aromatic rings. The molecule has 0 aromatic heterocycles. The highest BCUT2D eigenvalue weighted by Crippen LogP contribution is 2.21. The average molecular weight is 254 g/mol. The number of ether oxygens (including phenoxy) is 2. The molecule has 0 saturated carbocycles. The number of aliphatic hydroxyl groups excluding tert-OH is 4. The Morgan fingerprint density at radius 2 is 1.81 bits per heavy atom. The summed E-state index contributed by atoms with van der Waals surface area (Å²) in [5.74, 6) is 0.636. The zero-order valence-corrected chi connectivity index (χ0v) is 9.66. The van der Waals surface area contributed by atoms with E-state index in [1.54, 1.807) is 0 Å². The van der Waals surface area contributed by atoms with Gasteiger partial charge < -0.3 is 29.9 Å². The highest BCUT2D eigenvalue weighted by Gasteiger charge is 2.43. The predicted molar refractivity (Wildman–Crippen MR) is 58.2 cm³/mol. The fourth-order valence-corrected chi connectivity index (χ4v) is 1.60. The highest BCUT2D eigenvalue weighted by atomic mass is 32.1. The molecular formula is C9H18O6S. The maximum absolute atomic E-state index is 9.56. The minimum Gasteiger partial charge on any atom is -0.394 e. The van der Waals surface area contributed by atoms with Gasteiger partial charge in [-0.1, -0.05) is 0 Å². The molecule has 5 atom stereocenters. The Morgan fingerprint density at radius 3 is 2.38 bits per heavy atom. The number of hydrogen-bond donors (Lipinski definition) is 5. The van der Waals surface area contributed by atoms with Gasteiger partial charge in [-0.25, -0.2) is 0 Å². The van der Waals surface area contributed by atoms with E-state index in [0.717, 1.165) is 0 Å². The summed E-state index contributed by atoms with van der Waals surface area (Å²) in [4.78, 5) is 0. The molecule has 4 N–H and O–H groups in total. The second-order valence-electron chi connectivity index (χ2n) is 3.65. The molecule has 1 rings (SSSR count). The monoisotopic (exact) mass is 254 g/mol. The molecule has 0 aliphatic carbocycles. The van der Waals surface area contributed by atoms with Crippen LogP contribution in [0.4, 0.5) is 0 Å². The molecular weight excluding hydrogens is 236 g/mol. The Morgan fingerprint density at radius 1 is 1.12 bits per heavy atom. The summed E-state index contributed by atoms with van der Waals surface area (Å²) in [5, 5.41) is 37.4. The first-order valence-electron chi connectivity index (χ1n) is 5.14. The lowest BCUT2D eigenvalue weighted by atomic mass is 9.99. The topological polar surface area (TPSA) is 99.4 Å². The summed E-state index contributed by atoms with van der Waals surface area (Å²) in [6.45, 7) is -0.121. The quantitative estimate of drug-likeness (QED) is 0.291. The van der Waals surface area contributed by atoms with Crippen LogP contribution in [0.5, 0.6) is 0 Å². The molecule has 96 valence electrons. The first kappa shape index (κ1) is 14.2. The molecule has 1 heterocycles. The van der Waals surface area contributed by atoms with Crippen molar-refractivity contribution in [3.8, 4) is 0 Å². The van der Waals surface area contributed by atoms with Gasteiger partial charge in [0.1, 0.15) is 24.4 Å². The van der Waals surface area contributed by atoms with Crippen molar-refractivity contribution in [1.29, 1.82) is 0 Å². The molecule has 0 amide bonds. The summed E-state index contributed by atoms with van der Waals surface area (Å²) in [7, 11) is 0. The van der Waals surface area contributed by atoms with E-state index < -0.39 is 37.3 Å². The van der Waals surface area contributed by atoms with E-state index in [1.165, 1.54) is 0 Å². The van der Waals surface area contributed by atoms with Gasteiger partial charge in [0.05, 0.1) is 13.2 Å². The molecule has 1 saturated heterocycles. The highest BCUT2D eigenvalue weighted by molar-refractivity contribution is 7.80. The van der Waals surface area contributed by atoms with Crippen LogP contribution < -0.4 is 0 Å². The van der Waals surface area contributed by atoms with E-state index in [1.807, 2.05) is 0 Å². The number of rotatable bonds is 5. The van der Waals surface area contributed by atoms with Crippen molar-refractivity contribution < 1.29 is 29.9 Å².